The van der Waals surface area contributed by atoms with Crippen LogP contribution in [-0.4, -0.2) is 83.2 Å². The van der Waals surface area contributed by atoms with Gasteiger partial charge in [-0.05, 0) is 19.0 Å². The minimum Gasteiger partial charge on any atom is -0.464 e. The molecule has 2 atom stereocenters. The van der Waals surface area contributed by atoms with Gasteiger partial charge in [0.1, 0.15) is 19.2 Å². The average molecular weight is 640 g/mol. The molecule has 1 amide bonds. The zero-order chi connectivity index (χ0) is 34.3. The Morgan fingerprint density at radius 2 is 1.42 bits per heavy atom. The van der Waals surface area contributed by atoms with E-state index >= 15 is 0 Å². The lowest BCUT2D eigenvalue weighted by atomic mass is 10.1. The molecule has 1 aromatic rings. The van der Waals surface area contributed by atoms with Gasteiger partial charge in [0.2, 0.25) is 0 Å². The number of rotatable bonds is 25. The van der Waals surface area contributed by atoms with E-state index in [9.17, 15) is 9.59 Å². The van der Waals surface area contributed by atoms with Crippen LogP contribution in [0.15, 0.2) is 24.5 Å². The second kappa shape index (κ2) is 30.6. The van der Waals surface area contributed by atoms with Crippen LogP contribution in [0.25, 0.3) is 0 Å². The number of quaternary nitrogens is 1. The van der Waals surface area contributed by atoms with Crippen molar-refractivity contribution in [2.75, 3.05) is 54.5 Å². The number of hydrogen-bond donors (Lipinski definition) is 3. The van der Waals surface area contributed by atoms with Crippen LogP contribution < -0.4 is 20.5 Å². The Morgan fingerprint density at radius 3 is 1.93 bits per heavy atom. The number of nitrogens with one attached hydrogen (secondary N) is 3. The number of carbonyl (C=O) groups is 2. The van der Waals surface area contributed by atoms with Crippen molar-refractivity contribution in [1.82, 2.24) is 16.0 Å². The minimum absolute atomic E-state index is 0.124. The molecule has 9 nitrogen and oxygen atoms in total. The summed E-state index contributed by atoms with van der Waals surface area (Å²) in [5.41, 5.74) is 0.565. The number of nitrogens with zero attached hydrogens (tertiary/aromatic N) is 2. The van der Waals surface area contributed by atoms with Crippen molar-refractivity contribution in [2.24, 2.45) is 7.05 Å². The van der Waals surface area contributed by atoms with Crippen LogP contribution in [-0.2, 0) is 21.3 Å². The standard InChI is InChI=1S/C32H60N5O4.2C2H6/c1-7-8-9-10-11-12-13-14-15-16-17-18-21-34-32(40-6)35-29(27-37(3,4)5)25-30(38)41-24-22-33-31(39)28-20-19-23-36(2)26-28;2*1-2/h19-20,23,26,29,32,34-35H,7-18,21-22,24-25,27H2,1-6H3;2*1-2H3/q+1;;/p+1. The second-order valence-electron chi connectivity index (χ2n) is 12.2. The first-order valence-corrected chi connectivity index (χ1v) is 17.9. The molecule has 0 saturated carbocycles. The Bertz CT molecular complexity index is 832. The summed E-state index contributed by atoms with van der Waals surface area (Å²) in [5, 5.41) is 9.68. The monoisotopic (exact) mass is 640 g/mol. The number of pyridine rings is 1. The maximum absolute atomic E-state index is 12.6. The van der Waals surface area contributed by atoms with Gasteiger partial charge in [-0.1, -0.05) is 105 Å². The summed E-state index contributed by atoms with van der Waals surface area (Å²) >= 11 is 0. The fraction of sp³-hybridized carbons (Fsp3) is 0.806. The van der Waals surface area contributed by atoms with Crippen LogP contribution >= 0.6 is 0 Å². The van der Waals surface area contributed by atoms with Crippen molar-refractivity contribution in [3.8, 4) is 0 Å². The molecule has 0 fully saturated rings. The van der Waals surface area contributed by atoms with Crippen LogP contribution in [0.3, 0.4) is 0 Å². The smallest absolute Gasteiger partial charge is 0.307 e. The fourth-order valence-corrected chi connectivity index (χ4v) is 4.87. The third kappa shape index (κ3) is 27.9. The zero-order valence-electron chi connectivity index (χ0n) is 31.0. The molecule has 0 saturated heterocycles. The van der Waals surface area contributed by atoms with Crippen molar-refractivity contribution in [2.45, 2.75) is 130 Å². The highest BCUT2D eigenvalue weighted by Gasteiger charge is 2.24. The Kier molecular flexibility index (Phi) is 30.6. The first kappa shape index (κ1) is 45.1. The number of aryl methyl sites for hydroxylation is 1. The summed E-state index contributed by atoms with van der Waals surface area (Å²) in [6.45, 7) is 12.3. The highest BCUT2D eigenvalue weighted by Crippen LogP contribution is 2.12. The van der Waals surface area contributed by atoms with Gasteiger partial charge in [-0.3, -0.25) is 20.2 Å². The lowest BCUT2D eigenvalue weighted by Crippen LogP contribution is -2.55. The minimum atomic E-state index is -0.335. The van der Waals surface area contributed by atoms with E-state index in [0.29, 0.717) is 10.0 Å². The fourth-order valence-electron chi connectivity index (χ4n) is 4.87. The van der Waals surface area contributed by atoms with E-state index in [1.165, 1.54) is 70.6 Å². The molecular formula is C36H73N5O4+2. The molecule has 0 aliphatic rings. The SMILES string of the molecule is CC.CC.CCCCCCCCCCCCCCNC(NC(CC(=O)OCCNC(=O)c1ccc[n+](C)c1)C[N+](C)(C)C)OC. The number of likely N-dealkylation sites (N-methyl/N-ethyl adjacent to an activating group) is 1. The van der Waals surface area contributed by atoms with E-state index in [0.717, 1.165) is 19.5 Å². The molecule has 2 unspecified atom stereocenters. The zero-order valence-corrected chi connectivity index (χ0v) is 31.0. The molecule has 0 bridgehead atoms. The molecule has 9 heteroatoms. The molecule has 0 aromatic carbocycles. The lowest BCUT2D eigenvalue weighted by molar-refractivity contribution is -0.871. The molecule has 1 aromatic heterocycles. The van der Waals surface area contributed by atoms with E-state index in [1.807, 2.05) is 51.6 Å². The number of unbranched alkanes of at least 4 members (excludes halogenated alkanes) is 11. The van der Waals surface area contributed by atoms with Gasteiger partial charge < -0.3 is 19.3 Å². The summed E-state index contributed by atoms with van der Waals surface area (Å²) < 4.78 is 13.6. The number of methoxy groups -OCH3 is 1. The number of aromatic nitrogens is 1. The maximum atomic E-state index is 12.6. The maximum Gasteiger partial charge on any atom is 0.307 e. The predicted octanol–water partition coefficient (Wildman–Crippen LogP) is 6.11. The van der Waals surface area contributed by atoms with E-state index < -0.39 is 0 Å². The van der Waals surface area contributed by atoms with Crippen LogP contribution in [0.5, 0.6) is 0 Å². The molecule has 3 N–H and O–H groups in total. The largest absolute Gasteiger partial charge is 0.464 e. The van der Waals surface area contributed by atoms with Crippen LogP contribution in [0.1, 0.15) is 128 Å². The highest BCUT2D eigenvalue weighted by atomic mass is 16.5. The summed E-state index contributed by atoms with van der Waals surface area (Å²) in [4.78, 5) is 24.9. The van der Waals surface area contributed by atoms with Gasteiger partial charge in [-0.2, -0.15) is 0 Å². The first-order valence-electron chi connectivity index (χ1n) is 17.9. The van der Waals surface area contributed by atoms with Crippen molar-refractivity contribution in [3.05, 3.63) is 30.1 Å². The van der Waals surface area contributed by atoms with Gasteiger partial charge in [-0.25, -0.2) is 4.57 Å². The molecular weight excluding hydrogens is 566 g/mol. The van der Waals surface area contributed by atoms with Gasteiger partial charge in [0.25, 0.3) is 5.91 Å². The summed E-state index contributed by atoms with van der Waals surface area (Å²) in [7, 11) is 9.83. The normalized spacial score (nSPS) is 12.2. The van der Waals surface area contributed by atoms with Gasteiger partial charge in [0.05, 0.1) is 46.7 Å². The molecule has 45 heavy (non-hydrogen) atoms. The first-order chi connectivity index (χ1) is 21.6. The molecule has 0 aliphatic heterocycles. The second-order valence-corrected chi connectivity index (χ2v) is 12.2. The van der Waals surface area contributed by atoms with E-state index in [2.05, 4.69) is 44.0 Å². The molecule has 1 rings (SSSR count). The van der Waals surface area contributed by atoms with Crippen molar-refractivity contribution in [3.63, 3.8) is 0 Å². The van der Waals surface area contributed by atoms with Gasteiger partial charge in [-0.15, -0.1) is 0 Å². The Hall–Kier alpha value is -2.07. The summed E-state index contributed by atoms with van der Waals surface area (Å²) in [6.07, 6.45) is 19.4. The molecule has 264 valence electrons. The highest BCUT2D eigenvalue weighted by molar-refractivity contribution is 5.93. The average Bonchev–Trinajstić information content (AvgIpc) is 3.02. The lowest BCUT2D eigenvalue weighted by Gasteiger charge is -2.31. The van der Waals surface area contributed by atoms with E-state index in [1.54, 1.807) is 19.4 Å². The summed E-state index contributed by atoms with van der Waals surface area (Å²) in [5.74, 6) is -0.490. The Labute approximate surface area is 277 Å². The summed E-state index contributed by atoms with van der Waals surface area (Å²) in [6, 6.07) is 3.44. The van der Waals surface area contributed by atoms with E-state index in [4.69, 9.17) is 9.47 Å². The third-order valence-corrected chi connectivity index (χ3v) is 7.02. The van der Waals surface area contributed by atoms with Crippen LogP contribution in [0, 0.1) is 0 Å². The van der Waals surface area contributed by atoms with E-state index in [-0.39, 0.29) is 43.8 Å². The van der Waals surface area contributed by atoms with Crippen molar-refractivity contribution in [1.29, 1.82) is 0 Å². The number of amides is 1. The van der Waals surface area contributed by atoms with Crippen molar-refractivity contribution >= 4 is 11.9 Å². The molecule has 0 aliphatic carbocycles. The van der Waals surface area contributed by atoms with Crippen molar-refractivity contribution < 1.29 is 28.1 Å². The third-order valence-electron chi connectivity index (χ3n) is 7.02. The topological polar surface area (TPSA) is 92.6 Å². The number of carbonyl (C=O) groups excluding carboxylic acids is 2. The number of esters is 1. The number of ether oxygens (including phenoxy) is 2. The Morgan fingerprint density at radius 1 is 0.867 bits per heavy atom. The van der Waals surface area contributed by atoms with Crippen LogP contribution in [0.2, 0.25) is 0 Å². The molecule has 0 radical (unpaired) electrons. The molecule has 0 spiro atoms. The predicted molar refractivity (Wildman–Crippen MR) is 188 cm³/mol. The van der Waals surface area contributed by atoms with Crippen LogP contribution in [0.4, 0.5) is 0 Å². The van der Waals surface area contributed by atoms with Gasteiger partial charge in [0, 0.05) is 13.2 Å². The number of hydrogen-bond acceptors (Lipinski definition) is 6. The molecule has 1 heterocycles. The quantitative estimate of drug-likeness (QED) is 0.0393. The van der Waals surface area contributed by atoms with Gasteiger partial charge in [0.15, 0.2) is 18.7 Å². The Balaban J connectivity index is 0. The van der Waals surface area contributed by atoms with Gasteiger partial charge >= 0.3 is 5.97 Å².